The van der Waals surface area contributed by atoms with Crippen molar-refractivity contribution in [1.82, 2.24) is 19.5 Å². The third-order valence-electron chi connectivity index (χ3n) is 8.31. The Morgan fingerprint density at radius 1 is 0.426 bits per heavy atom. The molecule has 9 rings (SSSR count). The number of rotatable bonds is 5. The first-order valence-corrected chi connectivity index (χ1v) is 15.1. The summed E-state index contributed by atoms with van der Waals surface area (Å²) in [6.07, 6.45) is 0. The Balaban J connectivity index is 1.45. The summed E-state index contributed by atoms with van der Waals surface area (Å²) in [6.45, 7) is 0. The summed E-state index contributed by atoms with van der Waals surface area (Å²) in [5.74, 6) is 1.23. The van der Waals surface area contributed by atoms with Gasteiger partial charge in [-0.3, -0.25) is 0 Å². The Kier molecular flexibility index (Phi) is 4.74. The van der Waals surface area contributed by atoms with Crippen LogP contribution in [0.3, 0.4) is 0 Å². The lowest BCUT2D eigenvalue weighted by Gasteiger charge is -2.17. The molecule has 0 saturated carbocycles. The van der Waals surface area contributed by atoms with Gasteiger partial charge in [0.25, 0.3) is 0 Å². The van der Waals surface area contributed by atoms with Crippen LogP contribution in [0.25, 0.3) is 83.6 Å². The maximum atomic E-state index is 9.21. The van der Waals surface area contributed by atoms with Crippen molar-refractivity contribution < 1.29 is 11.0 Å². The normalized spacial score (nSPS) is 13.8. The van der Waals surface area contributed by atoms with Gasteiger partial charge in [0, 0.05) is 33.0 Å². The SMILES string of the molecule is [2H]c1c([2H])c([2H])c2c(c1[2H])c1c([2H])c([2H])c([2H])c([2H])c1n2-c1cc(-c2nc(-c3ccccc3)nc(-c3ccccc3)n2)ccc1-c1cccc2ccccc12. The molecule has 0 N–H and O–H groups in total. The molecule has 0 aliphatic rings. The summed E-state index contributed by atoms with van der Waals surface area (Å²) >= 11 is 0. The van der Waals surface area contributed by atoms with Gasteiger partial charge in [-0.25, -0.2) is 15.0 Å². The minimum Gasteiger partial charge on any atom is -0.309 e. The van der Waals surface area contributed by atoms with Gasteiger partial charge in [-0.05, 0) is 34.5 Å². The van der Waals surface area contributed by atoms with E-state index in [2.05, 4.69) is 0 Å². The van der Waals surface area contributed by atoms with Crippen molar-refractivity contribution in [1.29, 1.82) is 0 Å². The fourth-order valence-corrected chi connectivity index (χ4v) is 6.14. The van der Waals surface area contributed by atoms with Crippen molar-refractivity contribution in [3.05, 3.63) is 170 Å². The molecule has 4 nitrogen and oxygen atoms in total. The molecule has 0 amide bonds. The Morgan fingerprint density at radius 3 is 1.60 bits per heavy atom. The largest absolute Gasteiger partial charge is 0.309 e. The van der Waals surface area contributed by atoms with Crippen molar-refractivity contribution in [3.8, 4) is 51.0 Å². The maximum Gasteiger partial charge on any atom is 0.164 e. The minimum atomic E-state index is -0.501. The molecule has 0 radical (unpaired) electrons. The monoisotopic (exact) mass is 608 g/mol. The summed E-state index contributed by atoms with van der Waals surface area (Å²) in [4.78, 5) is 14.7. The smallest absolute Gasteiger partial charge is 0.164 e. The van der Waals surface area contributed by atoms with E-state index in [9.17, 15) is 2.74 Å². The number of hydrogen-bond donors (Lipinski definition) is 0. The summed E-state index contributed by atoms with van der Waals surface area (Å²) in [5.41, 5.74) is 4.03. The molecular formula is C43H28N4. The molecule has 2 aromatic heterocycles. The molecule has 9 aromatic rings. The first kappa shape index (κ1) is 19.9. The van der Waals surface area contributed by atoms with E-state index in [1.807, 2.05) is 121 Å². The quantitative estimate of drug-likeness (QED) is 0.195. The summed E-state index contributed by atoms with van der Waals surface area (Å²) in [7, 11) is 0. The molecule has 0 atom stereocenters. The molecule has 47 heavy (non-hydrogen) atoms. The molecule has 0 aliphatic carbocycles. The second kappa shape index (κ2) is 11.2. The van der Waals surface area contributed by atoms with E-state index in [1.165, 1.54) is 0 Å². The number of para-hydroxylation sites is 2. The van der Waals surface area contributed by atoms with Crippen LogP contribution in [0.1, 0.15) is 11.0 Å². The van der Waals surface area contributed by atoms with Crippen LogP contribution >= 0.6 is 0 Å². The first-order valence-electron chi connectivity index (χ1n) is 19.1. The van der Waals surface area contributed by atoms with E-state index in [0.29, 0.717) is 34.3 Å². The first-order chi connectivity index (χ1) is 26.6. The molecule has 0 spiro atoms. The molecule has 0 aliphatic heterocycles. The Morgan fingerprint density at radius 2 is 0.957 bits per heavy atom. The van der Waals surface area contributed by atoms with E-state index in [0.717, 1.165) is 27.5 Å². The van der Waals surface area contributed by atoms with Gasteiger partial charge < -0.3 is 4.57 Å². The lowest BCUT2D eigenvalue weighted by atomic mass is 9.95. The van der Waals surface area contributed by atoms with Crippen molar-refractivity contribution in [2.75, 3.05) is 0 Å². The van der Waals surface area contributed by atoms with Gasteiger partial charge in [-0.15, -0.1) is 0 Å². The minimum absolute atomic E-state index is 0.000150. The predicted molar refractivity (Wildman–Crippen MR) is 193 cm³/mol. The predicted octanol–water partition coefficient (Wildman–Crippen LogP) is 10.8. The van der Waals surface area contributed by atoms with Crippen LogP contribution in [0.2, 0.25) is 0 Å². The fourth-order valence-electron chi connectivity index (χ4n) is 6.14. The number of aromatic nitrogens is 4. The average Bonchev–Trinajstić information content (AvgIpc) is 3.60. The van der Waals surface area contributed by atoms with Gasteiger partial charge in [-0.2, -0.15) is 0 Å². The number of nitrogens with zero attached hydrogens (tertiary/aromatic N) is 4. The Labute approximate surface area is 283 Å². The zero-order chi connectivity index (χ0) is 38.1. The van der Waals surface area contributed by atoms with E-state index in [-0.39, 0.29) is 33.9 Å². The molecule has 4 heteroatoms. The lowest BCUT2D eigenvalue weighted by molar-refractivity contribution is 1.07. The van der Waals surface area contributed by atoms with Crippen LogP contribution < -0.4 is 0 Å². The van der Waals surface area contributed by atoms with E-state index in [1.54, 1.807) is 4.57 Å². The molecule has 0 saturated heterocycles. The Hall–Kier alpha value is -6.39. The number of benzene rings is 7. The van der Waals surface area contributed by atoms with Crippen molar-refractivity contribution in [3.63, 3.8) is 0 Å². The maximum absolute atomic E-state index is 9.21. The molecule has 2 heterocycles. The van der Waals surface area contributed by atoms with E-state index >= 15 is 0 Å². The second-order valence-electron chi connectivity index (χ2n) is 11.1. The van der Waals surface area contributed by atoms with Crippen LogP contribution in [0.4, 0.5) is 0 Å². The highest BCUT2D eigenvalue weighted by atomic mass is 15.0. The molecular weight excluding hydrogens is 573 g/mol. The lowest BCUT2D eigenvalue weighted by Crippen LogP contribution is -2.02. The molecule has 0 bridgehead atoms. The zero-order valence-electron chi connectivity index (χ0n) is 32.8. The third kappa shape index (κ3) is 4.66. The standard InChI is InChI=1S/C43H28N4/c1-3-15-30(16-4-1)41-44-42(31-17-5-2-6-18-31)46-43(45-41)32-26-27-37(34-23-13-19-29-14-7-8-20-33(29)34)40(28-32)47-38-24-11-9-21-35(38)36-22-10-12-25-39(36)47/h1-28H/i9D,10D,11D,12D,21D,22D,24D,25D. The number of hydrogen-bond acceptors (Lipinski definition) is 3. The van der Waals surface area contributed by atoms with Gasteiger partial charge in [0.1, 0.15) is 0 Å². The topological polar surface area (TPSA) is 43.6 Å². The van der Waals surface area contributed by atoms with Crippen molar-refractivity contribution in [2.45, 2.75) is 0 Å². The fraction of sp³-hybridized carbons (Fsp3) is 0. The van der Waals surface area contributed by atoms with Crippen LogP contribution in [-0.4, -0.2) is 19.5 Å². The van der Waals surface area contributed by atoms with Gasteiger partial charge >= 0.3 is 0 Å². The van der Waals surface area contributed by atoms with Crippen LogP contribution in [0.5, 0.6) is 0 Å². The molecule has 7 aromatic carbocycles. The van der Waals surface area contributed by atoms with Crippen LogP contribution in [0, 0.1) is 0 Å². The summed E-state index contributed by atoms with van der Waals surface area (Å²) in [5, 5.41) is 1.89. The highest BCUT2D eigenvalue weighted by molar-refractivity contribution is 6.10. The van der Waals surface area contributed by atoms with E-state index in [4.69, 9.17) is 23.2 Å². The molecule has 220 valence electrons. The summed E-state index contributed by atoms with van der Waals surface area (Å²) < 4.78 is 72.5. The Bertz CT molecular complexity index is 2880. The number of fused-ring (bicyclic) bond motifs is 4. The van der Waals surface area contributed by atoms with E-state index < -0.39 is 36.3 Å². The zero-order valence-corrected chi connectivity index (χ0v) is 24.8. The van der Waals surface area contributed by atoms with Gasteiger partial charge in [-0.1, -0.05) is 152 Å². The molecule has 0 fully saturated rings. The highest BCUT2D eigenvalue weighted by Crippen LogP contribution is 2.40. The molecule has 0 unspecified atom stereocenters. The van der Waals surface area contributed by atoms with Crippen molar-refractivity contribution in [2.24, 2.45) is 0 Å². The third-order valence-corrected chi connectivity index (χ3v) is 8.31. The highest BCUT2D eigenvalue weighted by Gasteiger charge is 2.19. The second-order valence-corrected chi connectivity index (χ2v) is 11.1. The van der Waals surface area contributed by atoms with Gasteiger partial charge in [0.2, 0.25) is 0 Å². The van der Waals surface area contributed by atoms with Gasteiger partial charge in [0.15, 0.2) is 17.5 Å². The van der Waals surface area contributed by atoms with Crippen LogP contribution in [-0.2, 0) is 0 Å². The van der Waals surface area contributed by atoms with Gasteiger partial charge in [0.05, 0.1) is 27.7 Å². The summed E-state index contributed by atoms with van der Waals surface area (Å²) in [6, 6.07) is 35.0. The van der Waals surface area contributed by atoms with Crippen LogP contribution in [0.15, 0.2) is 170 Å². The average molecular weight is 609 g/mol. The van der Waals surface area contributed by atoms with Crippen molar-refractivity contribution >= 4 is 32.6 Å².